The van der Waals surface area contributed by atoms with Crippen LogP contribution < -0.4 is 5.32 Å². The smallest absolute Gasteiger partial charge is 0.220 e. The predicted molar refractivity (Wildman–Crippen MR) is 222 cm³/mol. The van der Waals surface area contributed by atoms with Crippen LogP contribution in [-0.2, 0) is 4.79 Å². The van der Waals surface area contributed by atoms with E-state index in [4.69, 9.17) is 0 Å². The van der Waals surface area contributed by atoms with Crippen molar-refractivity contribution in [2.75, 3.05) is 6.61 Å². The Morgan fingerprint density at radius 2 is 0.784 bits per heavy atom. The number of carbonyl (C=O) groups excluding carboxylic acids is 1. The predicted octanol–water partition coefficient (Wildman–Crippen LogP) is 13.2. The van der Waals surface area contributed by atoms with Crippen LogP contribution in [0.15, 0.2) is 12.2 Å². The number of hydrogen-bond acceptors (Lipinski definition) is 4. The van der Waals surface area contributed by atoms with E-state index in [1.54, 1.807) is 0 Å². The number of amides is 1. The second-order valence-electron chi connectivity index (χ2n) is 16.0. The second-order valence-corrected chi connectivity index (χ2v) is 16.0. The maximum atomic E-state index is 12.4. The first-order valence-electron chi connectivity index (χ1n) is 23.0. The van der Waals surface area contributed by atoms with Gasteiger partial charge in [0.25, 0.3) is 0 Å². The molecule has 0 fully saturated rings. The molecule has 0 saturated heterocycles. The fraction of sp³-hybridized carbons (Fsp3) is 0.935. The number of nitrogens with one attached hydrogen (secondary N) is 1. The molecular weight excluding hydrogens is 631 g/mol. The lowest BCUT2D eigenvalue weighted by molar-refractivity contribution is -0.124. The normalized spacial score (nSPS) is 13.6. The molecule has 0 radical (unpaired) electrons. The Kier molecular flexibility index (Phi) is 41.1. The molecule has 3 unspecified atom stereocenters. The summed E-state index contributed by atoms with van der Waals surface area (Å²) in [5.74, 6) is -0.144. The van der Waals surface area contributed by atoms with Gasteiger partial charge in [-0.3, -0.25) is 4.79 Å². The molecule has 0 aromatic carbocycles. The van der Waals surface area contributed by atoms with Crippen molar-refractivity contribution in [2.45, 2.75) is 270 Å². The topological polar surface area (TPSA) is 89.8 Å². The molecule has 1 amide bonds. The summed E-state index contributed by atoms with van der Waals surface area (Å²) in [4.78, 5) is 12.4. The molecule has 0 bridgehead atoms. The Labute approximate surface area is 319 Å². The van der Waals surface area contributed by atoms with Gasteiger partial charge in [-0.25, -0.2) is 0 Å². The van der Waals surface area contributed by atoms with Crippen molar-refractivity contribution in [1.29, 1.82) is 0 Å². The SMILES string of the molecule is CCCCCCCCCCCCCC/C=C\CCCCCCCCCCCCC(=O)NC(CO)C(O)C(O)CCCCCCCCCCCCC. The minimum atomic E-state index is -1.13. The van der Waals surface area contributed by atoms with Gasteiger partial charge in [0.1, 0.15) is 6.10 Å². The maximum Gasteiger partial charge on any atom is 0.220 e. The molecule has 0 aromatic rings. The number of carbonyl (C=O) groups is 1. The van der Waals surface area contributed by atoms with E-state index >= 15 is 0 Å². The zero-order valence-corrected chi connectivity index (χ0v) is 34.5. The van der Waals surface area contributed by atoms with Gasteiger partial charge in [0.15, 0.2) is 0 Å². The van der Waals surface area contributed by atoms with Crippen molar-refractivity contribution < 1.29 is 20.1 Å². The third kappa shape index (κ3) is 37.2. The lowest BCUT2D eigenvalue weighted by atomic mass is 9.99. The van der Waals surface area contributed by atoms with Crippen molar-refractivity contribution >= 4 is 5.91 Å². The standard InChI is InChI=1S/C46H91NO4/c1-3-5-7-9-11-13-15-16-17-18-19-20-21-22-23-24-25-26-27-28-29-31-33-35-37-39-41-45(50)47-43(42-48)46(51)44(49)40-38-36-34-32-30-14-12-10-8-6-4-2/h22-23,43-44,46,48-49,51H,3-21,24-42H2,1-2H3,(H,47,50)/b23-22-. The van der Waals surface area contributed by atoms with Gasteiger partial charge >= 0.3 is 0 Å². The number of rotatable bonds is 42. The maximum absolute atomic E-state index is 12.4. The minimum Gasteiger partial charge on any atom is -0.394 e. The number of unbranched alkanes of at least 4 members (excludes halogenated alkanes) is 32. The fourth-order valence-electron chi connectivity index (χ4n) is 7.28. The van der Waals surface area contributed by atoms with Gasteiger partial charge in [0, 0.05) is 6.42 Å². The average Bonchev–Trinajstić information content (AvgIpc) is 3.13. The van der Waals surface area contributed by atoms with E-state index in [0.717, 1.165) is 38.5 Å². The molecule has 0 aromatic heterocycles. The number of aliphatic hydroxyl groups excluding tert-OH is 3. The third-order valence-corrected chi connectivity index (χ3v) is 10.9. The van der Waals surface area contributed by atoms with Crippen LogP contribution in [0, 0.1) is 0 Å². The van der Waals surface area contributed by atoms with Crippen LogP contribution in [0.25, 0.3) is 0 Å². The molecule has 0 aliphatic heterocycles. The molecule has 304 valence electrons. The van der Waals surface area contributed by atoms with Crippen molar-refractivity contribution in [1.82, 2.24) is 5.32 Å². The van der Waals surface area contributed by atoms with Crippen molar-refractivity contribution in [3.05, 3.63) is 12.2 Å². The third-order valence-electron chi connectivity index (χ3n) is 10.9. The fourth-order valence-corrected chi connectivity index (χ4v) is 7.28. The Hall–Kier alpha value is -0.910. The molecule has 51 heavy (non-hydrogen) atoms. The monoisotopic (exact) mass is 722 g/mol. The highest BCUT2D eigenvalue weighted by Gasteiger charge is 2.26. The molecule has 5 heteroatoms. The highest BCUT2D eigenvalue weighted by molar-refractivity contribution is 5.76. The zero-order chi connectivity index (χ0) is 37.3. The largest absolute Gasteiger partial charge is 0.394 e. The molecule has 0 saturated carbocycles. The van der Waals surface area contributed by atoms with E-state index in [0.29, 0.717) is 12.8 Å². The number of allylic oxidation sites excluding steroid dienone is 2. The molecule has 0 aliphatic carbocycles. The first-order chi connectivity index (χ1) is 25.1. The summed E-state index contributed by atoms with van der Waals surface area (Å²) in [6, 6.07) is -0.805. The first-order valence-corrected chi connectivity index (χ1v) is 23.0. The van der Waals surface area contributed by atoms with Gasteiger partial charge in [-0.1, -0.05) is 219 Å². The molecule has 5 nitrogen and oxygen atoms in total. The van der Waals surface area contributed by atoms with Gasteiger partial charge in [0.05, 0.1) is 18.8 Å². The van der Waals surface area contributed by atoms with Crippen LogP contribution in [0.2, 0.25) is 0 Å². The average molecular weight is 722 g/mol. The highest BCUT2D eigenvalue weighted by Crippen LogP contribution is 2.16. The van der Waals surface area contributed by atoms with Gasteiger partial charge < -0.3 is 20.6 Å². The Morgan fingerprint density at radius 1 is 0.471 bits per heavy atom. The molecule has 0 rings (SSSR count). The van der Waals surface area contributed by atoms with Crippen molar-refractivity contribution in [3.63, 3.8) is 0 Å². The lowest BCUT2D eigenvalue weighted by Gasteiger charge is -2.26. The molecule has 0 heterocycles. The van der Waals surface area contributed by atoms with Crippen LogP contribution in [0.1, 0.15) is 251 Å². The summed E-state index contributed by atoms with van der Waals surface area (Å²) in [5.41, 5.74) is 0. The van der Waals surface area contributed by atoms with E-state index in [2.05, 4.69) is 31.3 Å². The summed E-state index contributed by atoms with van der Waals surface area (Å²) in [5, 5.41) is 33.5. The number of hydrogen-bond donors (Lipinski definition) is 4. The van der Waals surface area contributed by atoms with Crippen LogP contribution in [0.5, 0.6) is 0 Å². The zero-order valence-electron chi connectivity index (χ0n) is 34.5. The molecular formula is C46H91NO4. The molecule has 3 atom stereocenters. The first kappa shape index (κ1) is 50.1. The Balaban J connectivity index is 3.53. The summed E-state index contributed by atoms with van der Waals surface area (Å²) in [6.07, 6.45) is 49.1. The van der Waals surface area contributed by atoms with E-state index in [1.165, 1.54) is 186 Å². The van der Waals surface area contributed by atoms with E-state index in [-0.39, 0.29) is 12.5 Å². The van der Waals surface area contributed by atoms with E-state index in [9.17, 15) is 20.1 Å². The van der Waals surface area contributed by atoms with E-state index in [1.807, 2.05) is 0 Å². The van der Waals surface area contributed by atoms with Crippen LogP contribution >= 0.6 is 0 Å². The second kappa shape index (κ2) is 41.8. The van der Waals surface area contributed by atoms with Crippen LogP contribution in [-0.4, -0.2) is 46.1 Å². The summed E-state index contributed by atoms with van der Waals surface area (Å²) in [7, 11) is 0. The van der Waals surface area contributed by atoms with Crippen LogP contribution in [0.4, 0.5) is 0 Å². The summed E-state index contributed by atoms with van der Waals surface area (Å²) >= 11 is 0. The van der Waals surface area contributed by atoms with Crippen molar-refractivity contribution in [3.8, 4) is 0 Å². The highest BCUT2D eigenvalue weighted by atomic mass is 16.3. The number of aliphatic hydroxyl groups is 3. The Morgan fingerprint density at radius 3 is 1.14 bits per heavy atom. The summed E-state index contributed by atoms with van der Waals surface area (Å²) in [6.45, 7) is 4.18. The quantitative estimate of drug-likeness (QED) is 0.0373. The molecule has 0 aliphatic rings. The van der Waals surface area contributed by atoms with E-state index < -0.39 is 18.2 Å². The molecule has 4 N–H and O–H groups in total. The van der Waals surface area contributed by atoms with Crippen LogP contribution in [0.3, 0.4) is 0 Å². The van der Waals surface area contributed by atoms with Gasteiger partial charge in [-0.15, -0.1) is 0 Å². The summed E-state index contributed by atoms with van der Waals surface area (Å²) < 4.78 is 0. The van der Waals surface area contributed by atoms with Gasteiger partial charge in [0.2, 0.25) is 5.91 Å². The van der Waals surface area contributed by atoms with Gasteiger partial charge in [-0.2, -0.15) is 0 Å². The van der Waals surface area contributed by atoms with Crippen molar-refractivity contribution in [2.24, 2.45) is 0 Å². The minimum absolute atomic E-state index is 0.144. The lowest BCUT2D eigenvalue weighted by Crippen LogP contribution is -2.50. The molecule has 0 spiro atoms. The Bertz CT molecular complexity index is 713. The van der Waals surface area contributed by atoms with Gasteiger partial charge in [-0.05, 0) is 38.5 Å².